The van der Waals surface area contributed by atoms with Crippen molar-refractivity contribution in [3.05, 3.63) is 58.7 Å². The van der Waals surface area contributed by atoms with Gasteiger partial charge in [-0.1, -0.05) is 18.2 Å². The number of hydrogen-bond donors (Lipinski definition) is 1. The predicted molar refractivity (Wildman–Crippen MR) is 111 cm³/mol. The Bertz CT molecular complexity index is 986. The average molecular weight is 380 g/mol. The number of carbonyl (C=O) groups excluding carboxylic acids is 1. The smallest absolute Gasteiger partial charge is 0.238 e. The third-order valence-corrected chi connectivity index (χ3v) is 5.06. The Balaban J connectivity index is 1.69. The van der Waals surface area contributed by atoms with Gasteiger partial charge in [0.25, 0.3) is 0 Å². The standard InChI is InChI=1S/C21H28N6O/c1-14-19(16(3)27(24-14)18-10-8-7-9-11-18)12-25(5)13-20(28)22-21-15(2)23-26(6)17(21)4/h7-11H,12-13H2,1-6H3,(H,22,28). The van der Waals surface area contributed by atoms with E-state index in [1.54, 1.807) is 4.68 Å². The van der Waals surface area contributed by atoms with Crippen LogP contribution in [0.4, 0.5) is 5.69 Å². The van der Waals surface area contributed by atoms with E-state index in [0.29, 0.717) is 13.1 Å². The number of aromatic nitrogens is 4. The summed E-state index contributed by atoms with van der Waals surface area (Å²) in [5.74, 6) is -0.0487. The van der Waals surface area contributed by atoms with Crippen molar-refractivity contribution >= 4 is 11.6 Å². The highest BCUT2D eigenvalue weighted by atomic mass is 16.2. The van der Waals surface area contributed by atoms with Crippen LogP contribution >= 0.6 is 0 Å². The van der Waals surface area contributed by atoms with Gasteiger partial charge >= 0.3 is 0 Å². The summed E-state index contributed by atoms with van der Waals surface area (Å²) in [5, 5.41) is 12.0. The van der Waals surface area contributed by atoms with Gasteiger partial charge in [-0.15, -0.1) is 0 Å². The Hall–Kier alpha value is -2.93. The first kappa shape index (κ1) is 19.8. The van der Waals surface area contributed by atoms with Gasteiger partial charge in [0, 0.05) is 24.8 Å². The molecule has 1 aromatic carbocycles. The molecule has 0 radical (unpaired) electrons. The molecule has 2 heterocycles. The highest BCUT2D eigenvalue weighted by Crippen LogP contribution is 2.20. The van der Waals surface area contributed by atoms with Crippen LogP contribution in [0.3, 0.4) is 0 Å². The number of benzene rings is 1. The van der Waals surface area contributed by atoms with E-state index in [4.69, 9.17) is 0 Å². The number of aryl methyl sites for hydroxylation is 3. The predicted octanol–water partition coefficient (Wildman–Crippen LogP) is 2.91. The van der Waals surface area contributed by atoms with Gasteiger partial charge in [0.15, 0.2) is 0 Å². The minimum atomic E-state index is -0.0487. The van der Waals surface area contributed by atoms with Gasteiger partial charge in [-0.3, -0.25) is 14.4 Å². The Morgan fingerprint density at radius 3 is 2.32 bits per heavy atom. The number of amides is 1. The summed E-state index contributed by atoms with van der Waals surface area (Å²) in [5.41, 5.74) is 6.83. The number of para-hydroxylation sites is 1. The molecule has 28 heavy (non-hydrogen) atoms. The minimum Gasteiger partial charge on any atom is -0.322 e. The lowest BCUT2D eigenvalue weighted by Gasteiger charge is -2.17. The molecule has 0 fully saturated rings. The molecule has 0 aliphatic heterocycles. The second-order valence-electron chi connectivity index (χ2n) is 7.29. The second-order valence-corrected chi connectivity index (χ2v) is 7.29. The van der Waals surface area contributed by atoms with Crippen LogP contribution in [0.1, 0.15) is 28.3 Å². The lowest BCUT2D eigenvalue weighted by atomic mass is 10.2. The summed E-state index contributed by atoms with van der Waals surface area (Å²) in [6, 6.07) is 10.1. The largest absolute Gasteiger partial charge is 0.322 e. The molecule has 0 unspecified atom stereocenters. The molecule has 3 aromatic rings. The zero-order valence-electron chi connectivity index (χ0n) is 17.4. The average Bonchev–Trinajstić information content (AvgIpc) is 3.06. The summed E-state index contributed by atoms with van der Waals surface area (Å²) < 4.78 is 3.74. The lowest BCUT2D eigenvalue weighted by Crippen LogP contribution is -2.30. The van der Waals surface area contributed by atoms with Crippen molar-refractivity contribution < 1.29 is 4.79 Å². The number of carbonyl (C=O) groups is 1. The van der Waals surface area contributed by atoms with Crippen LogP contribution in [0, 0.1) is 27.7 Å². The molecule has 0 bridgehead atoms. The summed E-state index contributed by atoms with van der Waals surface area (Å²) in [7, 11) is 3.82. The van der Waals surface area contributed by atoms with E-state index in [-0.39, 0.29) is 5.91 Å². The van der Waals surface area contributed by atoms with Crippen molar-refractivity contribution in [2.45, 2.75) is 34.2 Å². The van der Waals surface area contributed by atoms with Crippen LogP contribution in [0.5, 0.6) is 0 Å². The van der Waals surface area contributed by atoms with E-state index < -0.39 is 0 Å². The summed E-state index contributed by atoms with van der Waals surface area (Å²) in [6.45, 7) is 8.88. The van der Waals surface area contributed by atoms with Crippen LogP contribution in [0.15, 0.2) is 30.3 Å². The molecule has 0 spiro atoms. The van der Waals surface area contributed by atoms with Crippen molar-refractivity contribution in [3.8, 4) is 5.69 Å². The fourth-order valence-corrected chi connectivity index (χ4v) is 3.43. The van der Waals surface area contributed by atoms with Crippen molar-refractivity contribution in [3.63, 3.8) is 0 Å². The zero-order chi connectivity index (χ0) is 20.4. The van der Waals surface area contributed by atoms with Crippen molar-refractivity contribution in [1.29, 1.82) is 0 Å². The van der Waals surface area contributed by atoms with Gasteiger partial charge in [-0.25, -0.2) is 4.68 Å². The topological polar surface area (TPSA) is 68.0 Å². The van der Waals surface area contributed by atoms with Gasteiger partial charge < -0.3 is 5.32 Å². The molecule has 0 aliphatic rings. The lowest BCUT2D eigenvalue weighted by molar-refractivity contribution is -0.117. The second kappa shape index (κ2) is 7.98. The molecule has 2 aromatic heterocycles. The first-order valence-electron chi connectivity index (χ1n) is 9.37. The molecule has 148 valence electrons. The molecule has 0 saturated carbocycles. The number of likely N-dealkylation sites (N-methyl/N-ethyl adjacent to an activating group) is 1. The number of nitrogens with zero attached hydrogens (tertiary/aromatic N) is 5. The first-order chi connectivity index (χ1) is 13.3. The van der Waals surface area contributed by atoms with Crippen LogP contribution in [0.2, 0.25) is 0 Å². The number of anilines is 1. The Kier molecular flexibility index (Phi) is 5.65. The molecule has 1 amide bonds. The van der Waals surface area contributed by atoms with Crippen molar-refractivity contribution in [2.24, 2.45) is 7.05 Å². The van der Waals surface area contributed by atoms with Crippen molar-refractivity contribution in [1.82, 2.24) is 24.5 Å². The Morgan fingerprint density at radius 2 is 1.71 bits per heavy atom. The normalized spacial score (nSPS) is 11.2. The van der Waals surface area contributed by atoms with Gasteiger partial charge in [0.1, 0.15) is 0 Å². The van der Waals surface area contributed by atoms with Crippen LogP contribution < -0.4 is 5.32 Å². The highest BCUT2D eigenvalue weighted by Gasteiger charge is 2.17. The quantitative estimate of drug-likeness (QED) is 0.714. The van der Waals surface area contributed by atoms with Gasteiger partial charge in [0.2, 0.25) is 5.91 Å². The molecule has 7 heteroatoms. The molecule has 1 N–H and O–H groups in total. The SMILES string of the molecule is Cc1nn(-c2ccccc2)c(C)c1CN(C)CC(=O)Nc1c(C)nn(C)c1C. The maximum atomic E-state index is 12.5. The maximum absolute atomic E-state index is 12.5. The van der Waals surface area contributed by atoms with Crippen molar-refractivity contribution in [2.75, 3.05) is 18.9 Å². The molecule has 7 nitrogen and oxygen atoms in total. The fraction of sp³-hybridized carbons (Fsp3) is 0.381. The third kappa shape index (κ3) is 3.99. The Labute approximate surface area is 166 Å². The van der Waals surface area contributed by atoms with Gasteiger partial charge in [0.05, 0.1) is 35.0 Å². The number of nitrogens with one attached hydrogen (secondary N) is 1. The zero-order valence-corrected chi connectivity index (χ0v) is 17.4. The summed E-state index contributed by atoms with van der Waals surface area (Å²) in [6.07, 6.45) is 0. The third-order valence-electron chi connectivity index (χ3n) is 5.06. The van der Waals surface area contributed by atoms with E-state index in [9.17, 15) is 4.79 Å². The molecular formula is C21H28N6O. The van der Waals surface area contributed by atoms with Crippen LogP contribution in [0.25, 0.3) is 5.69 Å². The van der Waals surface area contributed by atoms with E-state index in [0.717, 1.165) is 39.7 Å². The van der Waals surface area contributed by atoms with E-state index >= 15 is 0 Å². The highest BCUT2D eigenvalue weighted by molar-refractivity contribution is 5.93. The molecule has 3 rings (SSSR count). The molecular weight excluding hydrogens is 352 g/mol. The van der Waals surface area contributed by atoms with E-state index in [2.05, 4.69) is 22.4 Å². The monoisotopic (exact) mass is 380 g/mol. The van der Waals surface area contributed by atoms with E-state index in [1.807, 2.05) is 74.8 Å². The van der Waals surface area contributed by atoms with Gasteiger partial charge in [-0.2, -0.15) is 10.2 Å². The van der Waals surface area contributed by atoms with Crippen LogP contribution in [-0.4, -0.2) is 44.0 Å². The molecule has 0 atom stereocenters. The summed E-state index contributed by atoms with van der Waals surface area (Å²) in [4.78, 5) is 14.5. The first-order valence-corrected chi connectivity index (χ1v) is 9.37. The molecule has 0 saturated heterocycles. The van der Waals surface area contributed by atoms with E-state index in [1.165, 1.54) is 0 Å². The summed E-state index contributed by atoms with van der Waals surface area (Å²) >= 11 is 0. The fourth-order valence-electron chi connectivity index (χ4n) is 3.43. The van der Waals surface area contributed by atoms with Gasteiger partial charge in [-0.05, 0) is 46.9 Å². The molecule has 0 aliphatic carbocycles. The number of rotatable bonds is 6. The maximum Gasteiger partial charge on any atom is 0.238 e. The van der Waals surface area contributed by atoms with Crippen LogP contribution in [-0.2, 0) is 18.4 Å². The number of hydrogen-bond acceptors (Lipinski definition) is 4. The minimum absolute atomic E-state index is 0.0487. The Morgan fingerprint density at radius 1 is 1.04 bits per heavy atom.